The Hall–Kier alpha value is -2.18. The van der Waals surface area contributed by atoms with E-state index in [9.17, 15) is 9.18 Å². The lowest BCUT2D eigenvalue weighted by Crippen LogP contribution is -2.37. The fourth-order valence-corrected chi connectivity index (χ4v) is 3.37. The van der Waals surface area contributed by atoms with Gasteiger partial charge in [-0.1, -0.05) is 18.7 Å². The molecule has 2 aromatic rings. The first kappa shape index (κ1) is 17.2. The summed E-state index contributed by atoms with van der Waals surface area (Å²) in [6.45, 7) is 5.62. The SMILES string of the molecule is C=Cc1sc([C@@](C)(N)CC(=O)NC)cc1-c1ccc(F)c(N)c1. The van der Waals surface area contributed by atoms with Gasteiger partial charge in [0.2, 0.25) is 5.91 Å². The quantitative estimate of drug-likeness (QED) is 0.736. The molecule has 0 spiro atoms. The van der Waals surface area contributed by atoms with Crippen molar-refractivity contribution in [1.29, 1.82) is 0 Å². The number of hydrogen-bond donors (Lipinski definition) is 3. The van der Waals surface area contributed by atoms with Crippen molar-refractivity contribution in [3.63, 3.8) is 0 Å². The van der Waals surface area contributed by atoms with Crippen LogP contribution in [0.25, 0.3) is 17.2 Å². The number of anilines is 1. The largest absolute Gasteiger partial charge is 0.396 e. The molecule has 0 aliphatic rings. The van der Waals surface area contributed by atoms with Crippen LogP contribution in [0.1, 0.15) is 23.1 Å². The van der Waals surface area contributed by atoms with Gasteiger partial charge in [0.1, 0.15) is 5.82 Å². The van der Waals surface area contributed by atoms with Crippen molar-refractivity contribution in [2.75, 3.05) is 12.8 Å². The first-order valence-electron chi connectivity index (χ1n) is 7.10. The summed E-state index contributed by atoms with van der Waals surface area (Å²) in [5.74, 6) is -0.580. The van der Waals surface area contributed by atoms with Crippen molar-refractivity contribution < 1.29 is 9.18 Å². The van der Waals surface area contributed by atoms with Crippen LogP contribution in [-0.4, -0.2) is 13.0 Å². The van der Waals surface area contributed by atoms with Crippen LogP contribution >= 0.6 is 11.3 Å². The first-order valence-corrected chi connectivity index (χ1v) is 7.91. The Labute approximate surface area is 139 Å². The van der Waals surface area contributed by atoms with Crippen molar-refractivity contribution >= 4 is 29.0 Å². The van der Waals surface area contributed by atoms with E-state index < -0.39 is 11.4 Å². The average Bonchev–Trinajstić information content (AvgIpc) is 2.94. The van der Waals surface area contributed by atoms with E-state index in [0.29, 0.717) is 0 Å². The zero-order valence-electron chi connectivity index (χ0n) is 13.2. The molecule has 5 N–H and O–H groups in total. The highest BCUT2D eigenvalue weighted by molar-refractivity contribution is 7.13. The van der Waals surface area contributed by atoms with Crippen LogP contribution in [0.3, 0.4) is 0 Å². The maximum absolute atomic E-state index is 13.4. The van der Waals surface area contributed by atoms with Crippen molar-refractivity contribution in [2.45, 2.75) is 18.9 Å². The van der Waals surface area contributed by atoms with Crippen LogP contribution in [0.5, 0.6) is 0 Å². The zero-order chi connectivity index (χ0) is 17.2. The second kappa shape index (κ2) is 6.52. The van der Waals surface area contributed by atoms with Gasteiger partial charge in [-0.2, -0.15) is 0 Å². The highest BCUT2D eigenvalue weighted by Crippen LogP contribution is 2.38. The Morgan fingerprint density at radius 1 is 1.48 bits per heavy atom. The molecule has 0 aliphatic carbocycles. The predicted molar refractivity (Wildman–Crippen MR) is 94.4 cm³/mol. The molecule has 6 heteroatoms. The van der Waals surface area contributed by atoms with Gasteiger partial charge in [0.05, 0.1) is 11.2 Å². The Balaban J connectivity index is 2.46. The zero-order valence-corrected chi connectivity index (χ0v) is 14.0. The van der Waals surface area contributed by atoms with Crippen molar-refractivity contribution in [2.24, 2.45) is 5.73 Å². The Bertz CT molecular complexity index is 752. The third kappa shape index (κ3) is 3.60. The standard InChI is InChI=1S/C17H20FN3OS/c1-4-14-11(10-5-6-12(18)13(19)7-10)8-15(23-14)17(2,20)9-16(22)21-3/h4-8H,1,9,19-20H2,2-3H3,(H,21,22)/t17-/m0/s1. The molecule has 23 heavy (non-hydrogen) atoms. The van der Waals surface area contributed by atoms with Gasteiger partial charge in [-0.05, 0) is 30.7 Å². The molecular formula is C17H20FN3OS. The van der Waals surface area contributed by atoms with Gasteiger partial charge in [-0.15, -0.1) is 11.3 Å². The van der Waals surface area contributed by atoms with Crippen LogP contribution in [0.4, 0.5) is 10.1 Å². The third-order valence-corrected chi connectivity index (χ3v) is 5.03. The van der Waals surface area contributed by atoms with Crippen LogP contribution in [0.2, 0.25) is 0 Å². The molecule has 122 valence electrons. The summed E-state index contributed by atoms with van der Waals surface area (Å²) in [4.78, 5) is 13.4. The minimum Gasteiger partial charge on any atom is -0.396 e. The number of nitrogens with one attached hydrogen (secondary N) is 1. The summed E-state index contributed by atoms with van der Waals surface area (Å²) < 4.78 is 13.4. The van der Waals surface area contributed by atoms with Crippen molar-refractivity contribution in [1.82, 2.24) is 5.32 Å². The number of benzene rings is 1. The first-order chi connectivity index (χ1) is 10.8. The monoisotopic (exact) mass is 333 g/mol. The Kier molecular flexibility index (Phi) is 4.87. The minimum atomic E-state index is -0.799. The van der Waals surface area contributed by atoms with E-state index in [1.54, 1.807) is 25.3 Å². The molecule has 1 aromatic heterocycles. The van der Waals surface area contributed by atoms with Gasteiger partial charge in [-0.3, -0.25) is 4.79 Å². The number of nitrogen functional groups attached to an aromatic ring is 1. The number of carbonyl (C=O) groups excluding carboxylic acids is 1. The smallest absolute Gasteiger partial charge is 0.221 e. The number of thiophene rings is 1. The van der Waals surface area contributed by atoms with Crippen molar-refractivity contribution in [3.05, 3.63) is 46.4 Å². The lowest BCUT2D eigenvalue weighted by Gasteiger charge is -2.22. The fourth-order valence-electron chi connectivity index (χ4n) is 2.28. The fraction of sp³-hybridized carbons (Fsp3) is 0.235. The molecule has 0 unspecified atom stereocenters. The van der Waals surface area contributed by atoms with Crippen molar-refractivity contribution in [3.8, 4) is 11.1 Å². The summed E-state index contributed by atoms with van der Waals surface area (Å²) in [5, 5.41) is 2.58. The van der Waals surface area contributed by atoms with E-state index >= 15 is 0 Å². The van der Waals surface area contributed by atoms with E-state index in [2.05, 4.69) is 11.9 Å². The number of rotatable bonds is 5. The van der Waals surface area contributed by atoms with Crippen LogP contribution in [0.15, 0.2) is 30.8 Å². The summed E-state index contributed by atoms with van der Waals surface area (Å²) in [6, 6.07) is 6.50. The summed E-state index contributed by atoms with van der Waals surface area (Å²) in [5.41, 5.74) is 12.9. The lowest BCUT2D eigenvalue weighted by molar-refractivity contribution is -0.121. The van der Waals surface area contributed by atoms with Gasteiger partial charge < -0.3 is 16.8 Å². The molecule has 0 fully saturated rings. The molecule has 1 aromatic carbocycles. The van der Waals surface area contributed by atoms with E-state index in [-0.39, 0.29) is 18.0 Å². The molecule has 2 rings (SSSR count). The van der Waals surface area contributed by atoms with E-state index in [4.69, 9.17) is 11.5 Å². The second-order valence-corrected chi connectivity index (χ2v) is 6.68. The molecule has 0 bridgehead atoms. The molecule has 1 atom stereocenters. The average molecular weight is 333 g/mol. The van der Waals surface area contributed by atoms with E-state index in [0.717, 1.165) is 20.9 Å². The van der Waals surface area contributed by atoms with Gasteiger partial charge in [-0.25, -0.2) is 4.39 Å². The number of nitrogens with two attached hydrogens (primary N) is 2. The van der Waals surface area contributed by atoms with E-state index in [1.807, 2.05) is 13.0 Å². The third-order valence-electron chi connectivity index (χ3n) is 3.62. The highest BCUT2D eigenvalue weighted by atomic mass is 32.1. The maximum Gasteiger partial charge on any atom is 0.221 e. The summed E-state index contributed by atoms with van der Waals surface area (Å²) in [6.07, 6.45) is 1.89. The maximum atomic E-state index is 13.4. The molecule has 0 radical (unpaired) electrons. The second-order valence-electron chi connectivity index (χ2n) is 5.60. The van der Waals surface area contributed by atoms with Gasteiger partial charge >= 0.3 is 0 Å². The van der Waals surface area contributed by atoms with Crippen LogP contribution in [0, 0.1) is 5.82 Å². The van der Waals surface area contributed by atoms with E-state index in [1.165, 1.54) is 17.4 Å². The molecule has 0 aliphatic heterocycles. The molecule has 4 nitrogen and oxygen atoms in total. The van der Waals surface area contributed by atoms with Crippen LogP contribution in [-0.2, 0) is 10.3 Å². The lowest BCUT2D eigenvalue weighted by atomic mass is 9.95. The topological polar surface area (TPSA) is 81.1 Å². The highest BCUT2D eigenvalue weighted by Gasteiger charge is 2.27. The molecular weight excluding hydrogens is 313 g/mol. The normalized spacial score (nSPS) is 13.4. The van der Waals surface area contributed by atoms with Gasteiger partial charge in [0, 0.05) is 28.8 Å². The summed E-state index contributed by atoms with van der Waals surface area (Å²) >= 11 is 1.47. The molecule has 0 saturated carbocycles. The van der Waals surface area contributed by atoms with Gasteiger partial charge in [0.25, 0.3) is 0 Å². The number of carbonyl (C=O) groups is 1. The van der Waals surface area contributed by atoms with Crippen LogP contribution < -0.4 is 16.8 Å². The molecule has 1 amide bonds. The molecule has 0 saturated heterocycles. The predicted octanol–water partition coefficient (Wildman–Crippen LogP) is 3.09. The Morgan fingerprint density at radius 3 is 2.74 bits per heavy atom. The minimum absolute atomic E-state index is 0.0890. The Morgan fingerprint density at radius 2 is 2.17 bits per heavy atom. The summed E-state index contributed by atoms with van der Waals surface area (Å²) in [7, 11) is 1.58. The number of amides is 1. The van der Waals surface area contributed by atoms with Gasteiger partial charge in [0.15, 0.2) is 0 Å². The number of hydrogen-bond acceptors (Lipinski definition) is 4. The molecule has 1 heterocycles. The number of halogens is 1.